The maximum absolute atomic E-state index is 14.2. The van der Waals surface area contributed by atoms with Gasteiger partial charge in [0.05, 0.1) is 88.2 Å². The fourth-order valence-corrected chi connectivity index (χ4v) is 16.7. The fourth-order valence-electron chi connectivity index (χ4n) is 13.7. The highest BCUT2D eigenvalue weighted by Gasteiger charge is 2.51. The molecule has 6 aliphatic heterocycles. The van der Waals surface area contributed by atoms with E-state index in [-0.39, 0.29) is 162 Å². The number of carbonyl (C=O) groups is 8. The van der Waals surface area contributed by atoms with Crippen molar-refractivity contribution in [1.82, 2.24) is 47.1 Å². The number of aryl methyl sites for hydroxylation is 1. The van der Waals surface area contributed by atoms with Crippen LogP contribution in [0.2, 0.25) is 0 Å². The summed E-state index contributed by atoms with van der Waals surface area (Å²) in [5.74, 6) is -0.229. The highest BCUT2D eigenvalue weighted by atomic mass is 32.2. The first-order chi connectivity index (χ1) is 49.8. The van der Waals surface area contributed by atoms with Crippen molar-refractivity contribution < 1.29 is 71.9 Å². The number of aromatic hydroxyl groups is 1. The van der Waals surface area contributed by atoms with Crippen LogP contribution in [0.4, 0.5) is 10.5 Å². The summed E-state index contributed by atoms with van der Waals surface area (Å²) in [6.07, 6.45) is 7.02. The standard InChI is InChI=1S/C71H96N14O16S2/c1-4-47-48-35-46(86)17-16-42(48)34-49-50(47)37-85-55(49)36-52-51(65(85)92)38-100-67(94)71(52,5-2)101-66(93)41(3)79-70(95)78-22-28-99-30-29-96-23-10-15-60(89)80-45-32-43(63(90)76-20-26-97-24-18-74-58(87)13-8-6-11-56-61-53(39-102-56)81-68(72)83-61)31-44(33-45)64(91)77-21-27-98-25-19-75-59(88)14-9-7-12-57-62-54(40-103-57)82-69(73)84-62/h16-17,31-36,41,53-54,56-57,61-62,86H,4-15,18-30,37-40H2,1-3H3,(H,74,87)(H,75,88)(H,76,90)(H,77,91)(H,80,89)(H3,72,81,83)(H3,73,82,84)(H2,78,79,95)/t41-,53?,54?,56?,57?,61?,62?,71-/m0/s1. The molecule has 7 heterocycles. The Labute approximate surface area is 605 Å². The predicted molar refractivity (Wildman–Crippen MR) is 390 cm³/mol. The average Bonchev–Trinajstić information content (AvgIpc) is 1.63. The number of nitrogens with one attached hydrogen (secondary N) is 9. The van der Waals surface area contributed by atoms with E-state index < -0.39 is 47.3 Å². The Morgan fingerprint density at radius 3 is 1.81 bits per heavy atom. The van der Waals surface area contributed by atoms with Crippen molar-refractivity contribution >= 4 is 99.4 Å². The lowest BCUT2D eigenvalue weighted by Gasteiger charge is -2.36. The van der Waals surface area contributed by atoms with E-state index in [0.717, 1.165) is 77.5 Å². The number of phenols is 1. The number of unbranched alkanes of at least 4 members (excludes halogenated alkanes) is 2. The molecule has 2 fully saturated rings. The number of esters is 2. The minimum absolute atomic E-state index is 0.0357. The van der Waals surface area contributed by atoms with Gasteiger partial charge in [-0.2, -0.15) is 23.5 Å². The van der Waals surface area contributed by atoms with E-state index in [1.54, 1.807) is 29.7 Å². The van der Waals surface area contributed by atoms with E-state index in [1.165, 1.54) is 25.1 Å². The fraction of sp³-hybridized carbons (Fsp3) is 0.563. The number of benzene rings is 3. The van der Waals surface area contributed by atoms with Crippen LogP contribution in [0.1, 0.15) is 134 Å². The lowest BCUT2D eigenvalue weighted by molar-refractivity contribution is -0.190. The highest BCUT2D eigenvalue weighted by molar-refractivity contribution is 8.00. The van der Waals surface area contributed by atoms with Gasteiger partial charge in [0, 0.05) is 109 Å². The number of fused-ring (bicyclic) bond motifs is 7. The van der Waals surface area contributed by atoms with E-state index >= 15 is 0 Å². The maximum Gasteiger partial charge on any atom is 0.355 e. The number of thioether (sulfide) groups is 2. The molecule has 3 aromatic carbocycles. The molecule has 0 bridgehead atoms. The van der Waals surface area contributed by atoms with Crippen LogP contribution in [0.3, 0.4) is 0 Å². The zero-order chi connectivity index (χ0) is 73.0. The summed E-state index contributed by atoms with van der Waals surface area (Å²) < 4.78 is 35.7. The number of rotatable bonds is 40. The summed E-state index contributed by atoms with van der Waals surface area (Å²) in [4.78, 5) is 129. The van der Waals surface area contributed by atoms with Crippen LogP contribution >= 0.6 is 23.5 Å². The number of hydrogen-bond donors (Lipinski definition) is 12. The van der Waals surface area contributed by atoms with Crippen molar-refractivity contribution in [3.05, 3.63) is 92.3 Å². The maximum atomic E-state index is 14.2. The van der Waals surface area contributed by atoms with Crippen LogP contribution in [-0.4, -0.2) is 207 Å². The third-order valence-corrected chi connectivity index (χ3v) is 21.9. The van der Waals surface area contributed by atoms with Crippen LogP contribution in [0.15, 0.2) is 63.3 Å². The quantitative estimate of drug-likeness (QED) is 0.0198. The minimum Gasteiger partial charge on any atom is -0.508 e. The van der Waals surface area contributed by atoms with Crippen molar-refractivity contribution in [3.63, 3.8) is 0 Å². The highest BCUT2D eigenvalue weighted by Crippen LogP contribution is 2.44. The monoisotopic (exact) mass is 1460 g/mol. The van der Waals surface area contributed by atoms with Crippen LogP contribution < -0.4 is 64.9 Å². The van der Waals surface area contributed by atoms with Crippen molar-refractivity contribution in [2.24, 2.45) is 21.5 Å². The largest absolute Gasteiger partial charge is 0.508 e. The van der Waals surface area contributed by atoms with E-state index in [0.29, 0.717) is 79.0 Å². The molecule has 30 nitrogen and oxygen atoms in total. The number of nitrogens with zero attached hydrogens (tertiary/aromatic N) is 3. The number of aliphatic imine (C=N–C) groups is 2. The zero-order valence-electron chi connectivity index (χ0n) is 58.6. The molecule has 8 atom stereocenters. The number of urea groups is 1. The number of hydrogen-bond acceptors (Lipinski definition) is 24. The van der Waals surface area contributed by atoms with Crippen molar-refractivity contribution in [2.45, 2.75) is 157 Å². The Morgan fingerprint density at radius 2 is 1.22 bits per heavy atom. The van der Waals surface area contributed by atoms with Gasteiger partial charge in [0.2, 0.25) is 23.3 Å². The van der Waals surface area contributed by atoms with Gasteiger partial charge in [-0.25, -0.2) is 24.4 Å². The summed E-state index contributed by atoms with van der Waals surface area (Å²) in [5.41, 5.74) is 13.5. The molecule has 558 valence electrons. The Morgan fingerprint density at radius 1 is 0.670 bits per heavy atom. The van der Waals surface area contributed by atoms with Crippen LogP contribution in [0.25, 0.3) is 22.0 Å². The molecular weight excluding hydrogens is 1370 g/mol. The number of anilines is 1. The summed E-state index contributed by atoms with van der Waals surface area (Å²) in [6, 6.07) is 12.2. The lowest BCUT2D eigenvalue weighted by Crippen LogP contribution is -2.51. The molecule has 0 saturated carbocycles. The topological polar surface area (TPSA) is 419 Å². The minimum atomic E-state index is -1.97. The molecule has 0 spiro atoms. The Kier molecular flexibility index (Phi) is 27.7. The van der Waals surface area contributed by atoms with E-state index in [2.05, 4.69) is 57.8 Å². The first-order valence-electron chi connectivity index (χ1n) is 35.6. The average molecular weight is 1470 g/mol. The number of nitrogens with two attached hydrogens (primary N) is 2. The number of amides is 7. The number of aromatic nitrogens is 1. The number of cyclic esters (lactones) is 1. The molecule has 6 unspecified atom stereocenters. The molecule has 6 aliphatic rings. The first-order valence-corrected chi connectivity index (χ1v) is 37.7. The SMILES string of the molecule is CCc1c2c(cc3ccc(O)cc13)-c1cc3c(c(=O)n1C2)COC(=O)[C@@]3(CC)OC(=O)[C@H](C)NC(=O)NCCOCCOCCCC(=O)Nc1cc(C(=O)NCCOCCNC(=O)CCCCC2SCC3NC(N)=NC32)cc(C(=O)NCCOCCNC(=O)CCCCC2SCC3NC(N)=NC32)c1. The predicted octanol–water partition coefficient (Wildman–Crippen LogP) is 3.03. The van der Waals surface area contributed by atoms with Gasteiger partial charge in [0.25, 0.3) is 17.4 Å². The normalized spacial score (nSPS) is 20.5. The molecule has 7 amide bonds. The van der Waals surface area contributed by atoms with Crippen LogP contribution in [0, 0.1) is 0 Å². The molecule has 0 aliphatic carbocycles. The Balaban J connectivity index is 0.610. The van der Waals surface area contributed by atoms with Gasteiger partial charge in [-0.3, -0.25) is 28.8 Å². The second kappa shape index (κ2) is 37.1. The number of carbonyl (C=O) groups excluding carboxylic acids is 8. The summed E-state index contributed by atoms with van der Waals surface area (Å²) in [5, 5.41) is 38.5. The smallest absolute Gasteiger partial charge is 0.355 e. The lowest BCUT2D eigenvalue weighted by atomic mass is 9.85. The number of pyridine rings is 1. The van der Waals surface area contributed by atoms with Gasteiger partial charge in [-0.1, -0.05) is 32.8 Å². The molecule has 10 rings (SSSR count). The van der Waals surface area contributed by atoms with Crippen molar-refractivity contribution in [2.75, 3.05) is 102 Å². The third-order valence-electron chi connectivity index (χ3n) is 18.9. The van der Waals surface area contributed by atoms with Gasteiger partial charge in [0.15, 0.2) is 11.9 Å². The van der Waals surface area contributed by atoms with Gasteiger partial charge in [-0.15, -0.1) is 0 Å². The zero-order valence-corrected chi connectivity index (χ0v) is 60.2. The summed E-state index contributed by atoms with van der Waals surface area (Å²) in [7, 11) is 0. The van der Waals surface area contributed by atoms with Gasteiger partial charge < -0.3 is 97.4 Å². The molecule has 32 heteroatoms. The molecular formula is C71H96N14O16S2. The molecule has 2 saturated heterocycles. The number of ether oxygens (including phenoxy) is 6. The van der Waals surface area contributed by atoms with Gasteiger partial charge in [-0.05, 0) is 116 Å². The van der Waals surface area contributed by atoms with Crippen molar-refractivity contribution in [3.8, 4) is 17.0 Å². The van der Waals surface area contributed by atoms with E-state index in [4.69, 9.17) is 39.9 Å². The second-order valence-electron chi connectivity index (χ2n) is 26.1. The van der Waals surface area contributed by atoms with Crippen molar-refractivity contribution in [1.29, 1.82) is 0 Å². The third kappa shape index (κ3) is 20.2. The van der Waals surface area contributed by atoms with E-state index in [1.807, 2.05) is 42.6 Å². The number of phenolic OH excluding ortho intramolecular Hbond substituents is 1. The Hall–Kier alpha value is -8.69. The molecule has 14 N–H and O–H groups in total. The first kappa shape index (κ1) is 76.9. The Bertz CT molecular complexity index is 3770. The second-order valence-corrected chi connectivity index (χ2v) is 28.7. The molecule has 4 aromatic rings. The van der Waals surface area contributed by atoms with Gasteiger partial charge in [0.1, 0.15) is 18.4 Å². The van der Waals surface area contributed by atoms with Gasteiger partial charge >= 0.3 is 18.0 Å². The molecule has 103 heavy (non-hydrogen) atoms. The summed E-state index contributed by atoms with van der Waals surface area (Å²) in [6.45, 7) is 7.31. The van der Waals surface area contributed by atoms with Crippen LogP contribution in [-0.2, 0) is 77.6 Å². The molecule has 0 radical (unpaired) electrons. The van der Waals surface area contributed by atoms with Crippen LogP contribution in [0.5, 0.6) is 5.75 Å². The van der Waals surface area contributed by atoms with E-state index in [9.17, 15) is 48.3 Å². The number of guanidine groups is 2. The summed E-state index contributed by atoms with van der Waals surface area (Å²) >= 11 is 3.79. The molecule has 1 aromatic heterocycles.